The van der Waals surface area contributed by atoms with Crippen LogP contribution in [-0.2, 0) is 13.1 Å². The maximum absolute atomic E-state index is 3.48. The highest BCUT2D eigenvalue weighted by Gasteiger charge is 2.05. The summed E-state index contributed by atoms with van der Waals surface area (Å²) in [6.07, 6.45) is 13.6. The van der Waals surface area contributed by atoms with Crippen LogP contribution in [0.25, 0.3) is 11.1 Å². The molecule has 0 radical (unpaired) electrons. The van der Waals surface area contributed by atoms with Crippen LogP contribution < -0.4 is 9.13 Å². The lowest BCUT2D eigenvalue weighted by atomic mass is 10.1. The number of hydrogen-bond acceptors (Lipinski definition) is 0. The van der Waals surface area contributed by atoms with Gasteiger partial charge in [0.25, 0.3) is 0 Å². The predicted molar refractivity (Wildman–Crippen MR) is 98.3 cm³/mol. The van der Waals surface area contributed by atoms with E-state index in [-0.39, 0.29) is 0 Å². The van der Waals surface area contributed by atoms with E-state index in [0.29, 0.717) is 0 Å². The molecule has 0 amide bonds. The van der Waals surface area contributed by atoms with Crippen LogP contribution in [0.5, 0.6) is 0 Å². The molecule has 2 rings (SSSR count). The average Bonchev–Trinajstić information content (AvgIpc) is 2.57. The third kappa shape index (κ3) is 5.81. The molecule has 2 heterocycles. The lowest BCUT2D eigenvalue weighted by Gasteiger charge is -2.01. The molecule has 0 atom stereocenters. The van der Waals surface area contributed by atoms with Gasteiger partial charge in [0.05, 0.1) is 0 Å². The fraction of sp³-hybridized carbons (Fsp3) is 0.444. The van der Waals surface area contributed by atoms with E-state index in [0.717, 1.165) is 23.7 Å². The molecule has 2 aromatic rings. The van der Waals surface area contributed by atoms with Gasteiger partial charge in [0.15, 0.2) is 24.8 Å². The summed E-state index contributed by atoms with van der Waals surface area (Å²) < 4.78 is 4.52. The van der Waals surface area contributed by atoms with Crippen molar-refractivity contribution in [1.29, 1.82) is 0 Å². The fourth-order valence-corrected chi connectivity index (χ4v) is 3.17. The van der Waals surface area contributed by atoms with Crippen LogP contribution in [0.2, 0.25) is 0 Å². The summed E-state index contributed by atoms with van der Waals surface area (Å²) in [6, 6.07) is 8.83. The van der Waals surface area contributed by atoms with Crippen LogP contribution >= 0.6 is 31.9 Å². The molecule has 0 N–H and O–H groups in total. The Kier molecular flexibility index (Phi) is 8.10. The van der Waals surface area contributed by atoms with Gasteiger partial charge in [-0.3, -0.25) is 0 Å². The zero-order chi connectivity index (χ0) is 15.6. The first kappa shape index (κ1) is 17.6. The highest BCUT2D eigenvalue weighted by molar-refractivity contribution is 9.09. The quantitative estimate of drug-likeness (QED) is 0.320. The van der Waals surface area contributed by atoms with Gasteiger partial charge in [0.2, 0.25) is 0 Å². The molecule has 0 aromatic carbocycles. The SMILES string of the molecule is BrCCCC[n+]1ccc(-c2cc[n+](CCCCBr)cc2)cc1. The molecule has 2 aromatic heterocycles. The van der Waals surface area contributed by atoms with Gasteiger partial charge < -0.3 is 0 Å². The Morgan fingerprint density at radius 2 is 0.955 bits per heavy atom. The third-order valence-electron chi connectivity index (χ3n) is 3.72. The molecule has 0 aliphatic rings. The summed E-state index contributed by atoms with van der Waals surface area (Å²) in [6.45, 7) is 2.18. The lowest BCUT2D eigenvalue weighted by molar-refractivity contribution is -0.697. The van der Waals surface area contributed by atoms with Gasteiger partial charge in [-0.05, 0) is 24.0 Å². The van der Waals surface area contributed by atoms with Crippen molar-refractivity contribution in [3.8, 4) is 11.1 Å². The van der Waals surface area contributed by atoms with Crippen molar-refractivity contribution >= 4 is 31.9 Å². The minimum absolute atomic E-state index is 1.09. The highest BCUT2D eigenvalue weighted by atomic mass is 79.9. The molecule has 118 valence electrons. The van der Waals surface area contributed by atoms with E-state index < -0.39 is 0 Å². The molecule has 4 heteroatoms. The van der Waals surface area contributed by atoms with Crippen molar-refractivity contribution in [2.75, 3.05) is 10.7 Å². The monoisotopic (exact) mass is 426 g/mol. The minimum atomic E-state index is 1.09. The number of aromatic nitrogens is 2. The van der Waals surface area contributed by atoms with Gasteiger partial charge in [0.1, 0.15) is 13.1 Å². The van der Waals surface area contributed by atoms with E-state index >= 15 is 0 Å². The first-order chi connectivity index (χ1) is 10.8. The molecule has 0 saturated carbocycles. The first-order valence-corrected chi connectivity index (χ1v) is 10.2. The number of aryl methyl sites for hydroxylation is 2. The van der Waals surface area contributed by atoms with Crippen LogP contribution in [0.1, 0.15) is 25.7 Å². The Labute approximate surface area is 150 Å². The second-order valence-electron chi connectivity index (χ2n) is 5.44. The van der Waals surface area contributed by atoms with E-state index in [4.69, 9.17) is 0 Å². The molecular formula is C18H24Br2N2+2. The van der Waals surface area contributed by atoms with Crippen LogP contribution in [0.4, 0.5) is 0 Å². The van der Waals surface area contributed by atoms with E-state index in [2.05, 4.69) is 90.0 Å². The van der Waals surface area contributed by atoms with Crippen molar-refractivity contribution in [3.63, 3.8) is 0 Å². The van der Waals surface area contributed by atoms with Gasteiger partial charge in [-0.25, -0.2) is 9.13 Å². The van der Waals surface area contributed by atoms with Crippen LogP contribution in [0.15, 0.2) is 49.1 Å². The molecule has 0 fully saturated rings. The van der Waals surface area contributed by atoms with Crippen molar-refractivity contribution in [1.82, 2.24) is 0 Å². The zero-order valence-electron chi connectivity index (χ0n) is 12.9. The predicted octanol–water partition coefficient (Wildman–Crippen LogP) is 4.28. The second kappa shape index (κ2) is 10.1. The van der Waals surface area contributed by atoms with E-state index in [1.165, 1.54) is 36.8 Å². The van der Waals surface area contributed by atoms with Gasteiger partial charge in [-0.2, -0.15) is 0 Å². The summed E-state index contributed by atoms with van der Waals surface area (Å²) in [5.41, 5.74) is 2.56. The van der Waals surface area contributed by atoms with E-state index in [9.17, 15) is 0 Å². The summed E-state index contributed by atoms with van der Waals surface area (Å²) in [5, 5.41) is 2.18. The molecule has 0 spiro atoms. The maximum atomic E-state index is 3.48. The Balaban J connectivity index is 1.93. The molecule has 2 nitrogen and oxygen atoms in total. The summed E-state index contributed by atoms with van der Waals surface area (Å²) in [4.78, 5) is 0. The van der Waals surface area contributed by atoms with Gasteiger partial charge in [0, 0.05) is 47.8 Å². The van der Waals surface area contributed by atoms with Gasteiger partial charge in [-0.15, -0.1) is 0 Å². The highest BCUT2D eigenvalue weighted by Crippen LogP contribution is 2.15. The van der Waals surface area contributed by atoms with Crippen molar-refractivity contribution in [2.24, 2.45) is 0 Å². The molecule has 0 unspecified atom stereocenters. The van der Waals surface area contributed by atoms with Crippen molar-refractivity contribution in [3.05, 3.63) is 49.1 Å². The van der Waals surface area contributed by atoms with Crippen LogP contribution in [0.3, 0.4) is 0 Å². The number of halogens is 2. The smallest absolute Gasteiger partial charge is 0.169 e. The standard InChI is InChI=1S/C18H24Br2N2/c19-9-1-3-11-21-13-5-17(6-14-21)18-7-15-22(16-8-18)12-4-2-10-20/h5-8,13-16H,1-4,9-12H2/q+2. The molecule has 0 aliphatic heterocycles. The molecule has 0 saturated heterocycles. The van der Waals surface area contributed by atoms with Gasteiger partial charge in [-0.1, -0.05) is 31.9 Å². The largest absolute Gasteiger partial charge is 0.205 e. The second-order valence-corrected chi connectivity index (χ2v) is 7.03. The number of hydrogen-bond donors (Lipinski definition) is 0. The third-order valence-corrected chi connectivity index (χ3v) is 4.84. The molecule has 22 heavy (non-hydrogen) atoms. The number of rotatable bonds is 9. The molecular weight excluding hydrogens is 404 g/mol. The van der Waals surface area contributed by atoms with Crippen molar-refractivity contribution < 1.29 is 9.13 Å². The number of alkyl halides is 2. The molecule has 0 bridgehead atoms. The van der Waals surface area contributed by atoms with Crippen LogP contribution in [-0.4, -0.2) is 10.7 Å². The number of unbranched alkanes of at least 4 members (excludes halogenated alkanes) is 2. The number of pyridine rings is 2. The summed E-state index contributed by atoms with van der Waals surface area (Å²) >= 11 is 6.95. The zero-order valence-corrected chi connectivity index (χ0v) is 16.1. The fourth-order valence-electron chi connectivity index (χ4n) is 2.38. The van der Waals surface area contributed by atoms with E-state index in [1.54, 1.807) is 0 Å². The molecule has 0 aliphatic carbocycles. The van der Waals surface area contributed by atoms with Crippen LogP contribution in [0, 0.1) is 0 Å². The topological polar surface area (TPSA) is 7.76 Å². The Hall–Kier alpha value is -0.740. The summed E-state index contributed by atoms with van der Waals surface area (Å²) in [5.74, 6) is 0. The summed E-state index contributed by atoms with van der Waals surface area (Å²) in [7, 11) is 0. The maximum Gasteiger partial charge on any atom is 0.169 e. The lowest BCUT2D eigenvalue weighted by Crippen LogP contribution is -2.33. The van der Waals surface area contributed by atoms with E-state index in [1.807, 2.05) is 0 Å². The number of nitrogens with zero attached hydrogens (tertiary/aromatic N) is 2. The Bertz CT molecular complexity index is 487. The Morgan fingerprint density at radius 3 is 1.27 bits per heavy atom. The minimum Gasteiger partial charge on any atom is -0.205 e. The average molecular weight is 428 g/mol. The first-order valence-electron chi connectivity index (χ1n) is 7.94. The van der Waals surface area contributed by atoms with Gasteiger partial charge >= 0.3 is 0 Å². The van der Waals surface area contributed by atoms with Crippen molar-refractivity contribution in [2.45, 2.75) is 38.8 Å². The Morgan fingerprint density at radius 1 is 0.591 bits per heavy atom. The normalized spacial score (nSPS) is 10.8.